The van der Waals surface area contributed by atoms with Gasteiger partial charge in [0.05, 0.1) is 6.04 Å². The zero-order chi connectivity index (χ0) is 14.8. The summed E-state index contributed by atoms with van der Waals surface area (Å²) in [6, 6.07) is 8.97. The summed E-state index contributed by atoms with van der Waals surface area (Å²) in [6.07, 6.45) is 6.39. The van der Waals surface area contributed by atoms with Crippen LogP contribution in [-0.2, 0) is 4.79 Å². The second-order valence-corrected chi connectivity index (χ2v) is 6.85. The molecule has 0 saturated heterocycles. The van der Waals surface area contributed by atoms with Gasteiger partial charge in [-0.05, 0) is 50.0 Å². The average molecular weight is 286 g/mol. The number of carbonyl (C=O) groups excluding carboxylic acids is 1. The first-order chi connectivity index (χ1) is 10.1. The van der Waals surface area contributed by atoms with Crippen molar-refractivity contribution in [1.82, 2.24) is 5.32 Å². The number of amides is 1. The summed E-state index contributed by atoms with van der Waals surface area (Å²) in [7, 11) is 0. The van der Waals surface area contributed by atoms with Gasteiger partial charge in [0.2, 0.25) is 5.91 Å². The number of carbonyl (C=O) groups is 1. The maximum atomic E-state index is 12.4. The van der Waals surface area contributed by atoms with Crippen molar-refractivity contribution in [1.29, 1.82) is 0 Å². The van der Waals surface area contributed by atoms with Crippen LogP contribution in [-0.4, -0.2) is 11.9 Å². The second kappa shape index (κ2) is 6.18. The Labute approximate surface area is 127 Å². The van der Waals surface area contributed by atoms with Crippen molar-refractivity contribution in [3.05, 3.63) is 35.4 Å². The molecule has 21 heavy (non-hydrogen) atoms. The van der Waals surface area contributed by atoms with Gasteiger partial charge in [-0.2, -0.15) is 0 Å². The van der Waals surface area contributed by atoms with E-state index in [4.69, 9.17) is 5.73 Å². The van der Waals surface area contributed by atoms with Gasteiger partial charge in [-0.25, -0.2) is 0 Å². The van der Waals surface area contributed by atoms with Crippen LogP contribution in [0.2, 0.25) is 0 Å². The molecular formula is C18H26N2O. The number of rotatable bonds is 5. The Kier molecular flexibility index (Phi) is 4.29. The van der Waals surface area contributed by atoms with Crippen molar-refractivity contribution < 1.29 is 4.79 Å². The van der Waals surface area contributed by atoms with Gasteiger partial charge in [-0.15, -0.1) is 0 Å². The van der Waals surface area contributed by atoms with E-state index in [1.54, 1.807) is 0 Å². The molecule has 2 aliphatic carbocycles. The number of aryl methyl sites for hydroxylation is 1. The van der Waals surface area contributed by atoms with Crippen LogP contribution in [0, 0.1) is 18.8 Å². The average Bonchev–Trinajstić information content (AvgIpc) is 3.23. The smallest absolute Gasteiger partial charge is 0.220 e. The van der Waals surface area contributed by atoms with Gasteiger partial charge in [-0.1, -0.05) is 36.2 Å². The Morgan fingerprint density at radius 2 is 1.95 bits per heavy atom. The van der Waals surface area contributed by atoms with E-state index in [0.29, 0.717) is 18.3 Å². The highest BCUT2D eigenvalue weighted by molar-refractivity contribution is 5.77. The SMILES string of the molecule is Cc1ccc(C(NC(=O)C[C@@H]2CCC[C@H]2N)C2CC2)cc1. The molecule has 0 aromatic heterocycles. The summed E-state index contributed by atoms with van der Waals surface area (Å²) < 4.78 is 0. The summed E-state index contributed by atoms with van der Waals surface area (Å²) in [6.45, 7) is 2.09. The highest BCUT2D eigenvalue weighted by Crippen LogP contribution is 2.41. The van der Waals surface area contributed by atoms with Crippen LogP contribution >= 0.6 is 0 Å². The zero-order valence-corrected chi connectivity index (χ0v) is 12.8. The lowest BCUT2D eigenvalue weighted by Crippen LogP contribution is -2.34. The summed E-state index contributed by atoms with van der Waals surface area (Å²) in [5, 5.41) is 3.27. The molecule has 0 aliphatic heterocycles. The van der Waals surface area contributed by atoms with E-state index in [1.807, 2.05) is 0 Å². The van der Waals surface area contributed by atoms with Crippen molar-refractivity contribution in [3.63, 3.8) is 0 Å². The first-order valence-electron chi connectivity index (χ1n) is 8.25. The van der Waals surface area contributed by atoms with Crippen molar-refractivity contribution in [2.24, 2.45) is 17.6 Å². The van der Waals surface area contributed by atoms with Crippen LogP contribution in [0.1, 0.15) is 55.7 Å². The van der Waals surface area contributed by atoms with Crippen LogP contribution in [0.4, 0.5) is 0 Å². The van der Waals surface area contributed by atoms with Crippen LogP contribution in [0.3, 0.4) is 0 Å². The zero-order valence-electron chi connectivity index (χ0n) is 12.8. The van der Waals surface area contributed by atoms with Gasteiger partial charge in [0, 0.05) is 12.5 Å². The molecule has 2 saturated carbocycles. The largest absolute Gasteiger partial charge is 0.349 e. The van der Waals surface area contributed by atoms with Gasteiger partial charge in [0.15, 0.2) is 0 Å². The lowest BCUT2D eigenvalue weighted by atomic mass is 9.97. The fourth-order valence-electron chi connectivity index (χ4n) is 3.47. The monoisotopic (exact) mass is 286 g/mol. The Morgan fingerprint density at radius 1 is 1.24 bits per heavy atom. The quantitative estimate of drug-likeness (QED) is 0.874. The van der Waals surface area contributed by atoms with Crippen molar-refractivity contribution in [3.8, 4) is 0 Å². The van der Waals surface area contributed by atoms with Gasteiger partial charge in [0.25, 0.3) is 0 Å². The molecule has 2 fully saturated rings. The molecule has 0 heterocycles. The molecule has 3 atom stereocenters. The second-order valence-electron chi connectivity index (χ2n) is 6.85. The van der Waals surface area contributed by atoms with E-state index in [9.17, 15) is 4.79 Å². The number of nitrogens with two attached hydrogens (primary N) is 1. The molecule has 0 spiro atoms. The summed E-state index contributed by atoms with van der Waals surface area (Å²) >= 11 is 0. The molecule has 0 bridgehead atoms. The van der Waals surface area contributed by atoms with Crippen LogP contribution in [0.15, 0.2) is 24.3 Å². The molecule has 3 N–H and O–H groups in total. The Hall–Kier alpha value is -1.35. The third kappa shape index (κ3) is 3.65. The first kappa shape index (κ1) is 14.6. The molecule has 1 aromatic carbocycles. The number of benzene rings is 1. The van der Waals surface area contributed by atoms with E-state index < -0.39 is 0 Å². The van der Waals surface area contributed by atoms with E-state index in [2.05, 4.69) is 36.5 Å². The van der Waals surface area contributed by atoms with Crippen LogP contribution in [0.5, 0.6) is 0 Å². The van der Waals surface area contributed by atoms with E-state index >= 15 is 0 Å². The molecule has 0 radical (unpaired) electrons. The molecule has 3 rings (SSSR count). The predicted molar refractivity (Wildman–Crippen MR) is 84.7 cm³/mol. The van der Waals surface area contributed by atoms with Gasteiger partial charge < -0.3 is 11.1 Å². The Balaban J connectivity index is 1.62. The minimum atomic E-state index is 0.176. The summed E-state index contributed by atoms with van der Waals surface area (Å²) in [4.78, 5) is 12.4. The number of hydrogen-bond donors (Lipinski definition) is 2. The maximum absolute atomic E-state index is 12.4. The van der Waals surface area contributed by atoms with Crippen molar-refractivity contribution >= 4 is 5.91 Å². The standard InChI is InChI=1S/C18H26N2O/c1-12-5-7-13(8-6-12)18(14-9-10-14)20-17(21)11-15-3-2-4-16(15)19/h5-8,14-16,18H,2-4,9-11,19H2,1H3,(H,20,21)/t15-,16+,18?/m0/s1. The first-order valence-corrected chi connectivity index (χ1v) is 8.25. The Bertz CT molecular complexity index is 492. The molecule has 3 nitrogen and oxygen atoms in total. The van der Waals surface area contributed by atoms with Gasteiger partial charge in [-0.3, -0.25) is 4.79 Å². The number of nitrogens with one attached hydrogen (secondary N) is 1. The predicted octanol–water partition coefficient (Wildman–Crippen LogP) is 3.08. The molecule has 1 unspecified atom stereocenters. The summed E-state index contributed by atoms with van der Waals surface area (Å²) in [5.74, 6) is 1.17. The summed E-state index contributed by atoms with van der Waals surface area (Å²) in [5.41, 5.74) is 8.58. The van der Waals surface area contributed by atoms with Gasteiger partial charge >= 0.3 is 0 Å². The van der Waals surface area contributed by atoms with Crippen molar-refractivity contribution in [2.45, 2.75) is 57.5 Å². The molecule has 1 amide bonds. The minimum Gasteiger partial charge on any atom is -0.349 e. The lowest BCUT2D eigenvalue weighted by molar-refractivity contribution is -0.123. The maximum Gasteiger partial charge on any atom is 0.220 e. The molecule has 1 aromatic rings. The highest BCUT2D eigenvalue weighted by Gasteiger charge is 2.34. The van der Waals surface area contributed by atoms with Gasteiger partial charge in [0.1, 0.15) is 0 Å². The van der Waals surface area contributed by atoms with Crippen molar-refractivity contribution in [2.75, 3.05) is 0 Å². The molecule has 3 heteroatoms. The van der Waals surface area contributed by atoms with E-state index in [0.717, 1.165) is 12.8 Å². The van der Waals surface area contributed by atoms with E-state index in [-0.39, 0.29) is 18.0 Å². The lowest BCUT2D eigenvalue weighted by Gasteiger charge is -2.21. The third-order valence-electron chi connectivity index (χ3n) is 5.01. The highest BCUT2D eigenvalue weighted by atomic mass is 16.1. The van der Waals surface area contributed by atoms with Crippen LogP contribution in [0.25, 0.3) is 0 Å². The molecular weight excluding hydrogens is 260 g/mol. The molecule has 2 aliphatic rings. The number of hydrogen-bond acceptors (Lipinski definition) is 2. The fourth-order valence-corrected chi connectivity index (χ4v) is 3.47. The van der Waals surface area contributed by atoms with Crippen LogP contribution < -0.4 is 11.1 Å². The minimum absolute atomic E-state index is 0.176. The molecule has 114 valence electrons. The Morgan fingerprint density at radius 3 is 2.52 bits per heavy atom. The van der Waals surface area contributed by atoms with E-state index in [1.165, 1.54) is 30.4 Å². The normalized spacial score (nSPS) is 26.6. The third-order valence-corrected chi connectivity index (χ3v) is 5.01. The fraction of sp³-hybridized carbons (Fsp3) is 0.611. The topological polar surface area (TPSA) is 55.1 Å².